The lowest BCUT2D eigenvalue weighted by atomic mass is 9.99. The Morgan fingerprint density at radius 2 is 1.81 bits per heavy atom. The van der Waals surface area contributed by atoms with Gasteiger partial charge in [0.25, 0.3) is 0 Å². The molecule has 0 unspecified atom stereocenters. The standard InChI is InChI=1S/C24H15F3N6O2S/c25-16-6-3-13(12-36(34,35)17-2-1-10-33-11-9-30-24(17)33)19(26)18(16)14-4-5-15-21(20(14)27)31-32-22(15)23-28-7-8-29-23/h1-11H,12H2,(H,28,29)(H,31,32). The monoisotopic (exact) mass is 508 g/mol. The lowest BCUT2D eigenvalue weighted by molar-refractivity contribution is 0.570. The first-order valence-corrected chi connectivity index (χ1v) is 12.3. The summed E-state index contributed by atoms with van der Waals surface area (Å²) in [7, 11) is -4.08. The van der Waals surface area contributed by atoms with Crippen molar-refractivity contribution in [2.75, 3.05) is 0 Å². The smallest absolute Gasteiger partial charge is 0.186 e. The average Bonchev–Trinajstić information content (AvgIpc) is 3.62. The zero-order valence-electron chi connectivity index (χ0n) is 18.2. The molecule has 36 heavy (non-hydrogen) atoms. The summed E-state index contributed by atoms with van der Waals surface area (Å²) in [5.74, 6) is -3.52. The summed E-state index contributed by atoms with van der Waals surface area (Å²) in [6.07, 6.45) is 7.75. The third-order valence-corrected chi connectivity index (χ3v) is 7.58. The molecule has 0 radical (unpaired) electrons. The fourth-order valence-electron chi connectivity index (χ4n) is 4.22. The van der Waals surface area contributed by atoms with Crippen molar-refractivity contribution >= 4 is 26.4 Å². The number of imidazole rings is 2. The fraction of sp³-hybridized carbons (Fsp3) is 0.0417. The summed E-state index contributed by atoms with van der Waals surface area (Å²) < 4.78 is 73.7. The van der Waals surface area contributed by atoms with Gasteiger partial charge in [-0.1, -0.05) is 12.1 Å². The van der Waals surface area contributed by atoms with Gasteiger partial charge in [0, 0.05) is 47.5 Å². The molecule has 180 valence electrons. The van der Waals surface area contributed by atoms with Crippen LogP contribution in [0, 0.1) is 17.5 Å². The first-order valence-electron chi connectivity index (χ1n) is 10.6. The van der Waals surface area contributed by atoms with Crippen molar-refractivity contribution < 1.29 is 21.6 Å². The van der Waals surface area contributed by atoms with Gasteiger partial charge in [-0.15, -0.1) is 0 Å². The van der Waals surface area contributed by atoms with Gasteiger partial charge < -0.3 is 9.38 Å². The number of benzene rings is 2. The van der Waals surface area contributed by atoms with Crippen LogP contribution in [0.5, 0.6) is 0 Å². The number of hydrogen-bond acceptors (Lipinski definition) is 5. The fourth-order valence-corrected chi connectivity index (χ4v) is 5.73. The molecule has 0 aliphatic carbocycles. The molecule has 2 aromatic carbocycles. The number of pyridine rings is 1. The van der Waals surface area contributed by atoms with Gasteiger partial charge in [0.15, 0.2) is 27.1 Å². The Morgan fingerprint density at radius 1 is 0.944 bits per heavy atom. The van der Waals surface area contributed by atoms with Crippen molar-refractivity contribution in [1.82, 2.24) is 29.5 Å². The van der Waals surface area contributed by atoms with Gasteiger partial charge in [-0.25, -0.2) is 31.6 Å². The van der Waals surface area contributed by atoms with Gasteiger partial charge >= 0.3 is 0 Å². The summed E-state index contributed by atoms with van der Waals surface area (Å²) >= 11 is 0. The van der Waals surface area contributed by atoms with Crippen molar-refractivity contribution in [3.63, 3.8) is 0 Å². The molecule has 12 heteroatoms. The number of hydrogen-bond donors (Lipinski definition) is 2. The number of halogens is 3. The second-order valence-electron chi connectivity index (χ2n) is 8.04. The zero-order valence-corrected chi connectivity index (χ0v) is 19.0. The van der Waals surface area contributed by atoms with Crippen molar-refractivity contribution in [3.8, 4) is 22.6 Å². The molecule has 0 saturated carbocycles. The van der Waals surface area contributed by atoms with Crippen molar-refractivity contribution in [2.24, 2.45) is 0 Å². The summed E-state index contributed by atoms with van der Waals surface area (Å²) in [6.45, 7) is 0. The molecule has 0 bridgehead atoms. The van der Waals surface area contributed by atoms with E-state index in [1.54, 1.807) is 18.6 Å². The predicted octanol–water partition coefficient (Wildman–Crippen LogP) is 4.66. The van der Waals surface area contributed by atoms with E-state index in [2.05, 4.69) is 25.1 Å². The number of nitrogens with zero attached hydrogens (tertiary/aromatic N) is 4. The highest BCUT2D eigenvalue weighted by Crippen LogP contribution is 2.36. The van der Waals surface area contributed by atoms with Crippen LogP contribution < -0.4 is 0 Å². The van der Waals surface area contributed by atoms with Crippen LogP contribution in [-0.4, -0.2) is 38.0 Å². The van der Waals surface area contributed by atoms with Crippen molar-refractivity contribution in [2.45, 2.75) is 10.6 Å². The Hall–Kier alpha value is -4.45. The van der Waals surface area contributed by atoms with E-state index in [-0.39, 0.29) is 27.2 Å². The van der Waals surface area contributed by atoms with E-state index >= 15 is 8.78 Å². The highest BCUT2D eigenvalue weighted by molar-refractivity contribution is 7.90. The molecule has 0 amide bonds. The van der Waals surface area contributed by atoms with Gasteiger partial charge in [0.2, 0.25) is 0 Å². The summed E-state index contributed by atoms with van der Waals surface area (Å²) in [5.41, 5.74) is -0.912. The van der Waals surface area contributed by atoms with Gasteiger partial charge in [-0.05, 0) is 24.3 Å². The maximum absolute atomic E-state index is 15.6. The normalized spacial score (nSPS) is 12.1. The molecule has 2 N–H and O–H groups in total. The van der Waals surface area contributed by atoms with E-state index in [1.165, 1.54) is 41.1 Å². The van der Waals surface area contributed by atoms with Gasteiger partial charge in [0.05, 0.1) is 11.3 Å². The molecule has 4 heterocycles. The van der Waals surface area contributed by atoms with Gasteiger partial charge in [-0.2, -0.15) is 5.10 Å². The van der Waals surface area contributed by atoms with Crippen LogP contribution >= 0.6 is 0 Å². The van der Waals surface area contributed by atoms with Crippen LogP contribution in [0.3, 0.4) is 0 Å². The molecule has 0 saturated heterocycles. The number of sulfone groups is 1. The molecular formula is C24H15F3N6O2S. The lowest BCUT2D eigenvalue weighted by Gasteiger charge is -2.12. The van der Waals surface area contributed by atoms with Crippen LogP contribution in [-0.2, 0) is 15.6 Å². The Labute approximate surface area is 201 Å². The lowest BCUT2D eigenvalue weighted by Crippen LogP contribution is -2.09. The number of H-pyrrole nitrogens is 2. The topological polar surface area (TPSA) is 109 Å². The van der Waals surface area contributed by atoms with E-state index in [0.717, 1.165) is 12.1 Å². The van der Waals surface area contributed by atoms with E-state index in [9.17, 15) is 12.8 Å². The Morgan fingerprint density at radius 3 is 2.61 bits per heavy atom. The van der Waals surface area contributed by atoms with E-state index in [0.29, 0.717) is 16.9 Å². The van der Waals surface area contributed by atoms with Crippen LogP contribution in [0.1, 0.15) is 5.56 Å². The second kappa shape index (κ2) is 8.05. The molecule has 0 fully saturated rings. The van der Waals surface area contributed by atoms with Gasteiger partial charge in [-0.3, -0.25) is 5.10 Å². The minimum Gasteiger partial charge on any atom is -0.343 e. The summed E-state index contributed by atoms with van der Waals surface area (Å²) in [6, 6.07) is 7.54. The maximum Gasteiger partial charge on any atom is 0.186 e. The number of aromatic nitrogens is 6. The first kappa shape index (κ1) is 22.0. The SMILES string of the molecule is O=S(=O)(Cc1ccc(F)c(-c2ccc3c(-c4ncc[nH]4)[nH]nc3c2F)c1F)c1cccn2ccnc12. The molecule has 0 aliphatic rings. The Bertz CT molecular complexity index is 1880. The minimum absolute atomic E-state index is 0.102. The molecule has 0 aliphatic heterocycles. The first-order chi connectivity index (χ1) is 17.3. The van der Waals surface area contributed by atoms with Crippen LogP contribution in [0.2, 0.25) is 0 Å². The van der Waals surface area contributed by atoms with E-state index < -0.39 is 38.6 Å². The third kappa shape index (κ3) is 3.37. The van der Waals surface area contributed by atoms with E-state index in [1.807, 2.05) is 0 Å². The summed E-state index contributed by atoms with van der Waals surface area (Å²) in [5, 5.41) is 6.99. The number of aromatic amines is 2. The zero-order chi connectivity index (χ0) is 25.0. The number of nitrogens with one attached hydrogen (secondary N) is 2. The van der Waals surface area contributed by atoms with Crippen LogP contribution in [0.25, 0.3) is 39.2 Å². The van der Waals surface area contributed by atoms with Crippen LogP contribution in [0.15, 0.2) is 72.3 Å². The second-order valence-corrected chi connectivity index (χ2v) is 10.0. The van der Waals surface area contributed by atoms with Crippen LogP contribution in [0.4, 0.5) is 13.2 Å². The quantitative estimate of drug-likeness (QED) is 0.352. The predicted molar refractivity (Wildman–Crippen MR) is 125 cm³/mol. The van der Waals surface area contributed by atoms with E-state index in [4.69, 9.17) is 0 Å². The Balaban J connectivity index is 1.45. The highest BCUT2D eigenvalue weighted by Gasteiger charge is 2.26. The summed E-state index contributed by atoms with van der Waals surface area (Å²) in [4.78, 5) is 10.9. The van der Waals surface area contributed by atoms with Crippen molar-refractivity contribution in [1.29, 1.82) is 0 Å². The van der Waals surface area contributed by atoms with Crippen molar-refractivity contribution in [3.05, 3.63) is 90.4 Å². The third-order valence-electron chi connectivity index (χ3n) is 5.90. The molecular weight excluding hydrogens is 493 g/mol. The maximum atomic E-state index is 15.6. The molecule has 0 atom stereocenters. The number of rotatable bonds is 5. The van der Waals surface area contributed by atoms with Gasteiger partial charge in [0.1, 0.15) is 27.7 Å². The number of fused-ring (bicyclic) bond motifs is 2. The molecule has 8 nitrogen and oxygen atoms in total. The molecule has 6 rings (SSSR count). The Kier molecular flexibility index (Phi) is 4.93. The largest absolute Gasteiger partial charge is 0.343 e. The molecule has 4 aromatic heterocycles. The minimum atomic E-state index is -4.08. The highest BCUT2D eigenvalue weighted by atomic mass is 32.2. The molecule has 0 spiro atoms. The average molecular weight is 508 g/mol. The molecule has 6 aromatic rings.